The summed E-state index contributed by atoms with van der Waals surface area (Å²) in [5, 5.41) is 17.4. The van der Waals surface area contributed by atoms with E-state index in [0.29, 0.717) is 19.4 Å². The van der Waals surface area contributed by atoms with Crippen molar-refractivity contribution in [2.45, 2.75) is 25.6 Å². The van der Waals surface area contributed by atoms with Crippen molar-refractivity contribution in [3.63, 3.8) is 0 Å². The summed E-state index contributed by atoms with van der Waals surface area (Å²) in [6, 6.07) is 22.2. The van der Waals surface area contributed by atoms with E-state index in [2.05, 4.69) is 34.5 Å². The third-order valence-electron chi connectivity index (χ3n) is 4.03. The monoisotopic (exact) mass is 334 g/mol. The van der Waals surface area contributed by atoms with Crippen LogP contribution in [0.25, 0.3) is 0 Å². The first-order valence-corrected chi connectivity index (χ1v) is 8.47. The standard InChI is InChI=1S/C21H22N2O2/c24-13-11-17-8-4-9-19(14-17)15-21(20-10-5-12-22-23-20)25-16-18-6-2-1-3-7-18/h1-10,12,14,21,24H,11,13,15-16H2. The van der Waals surface area contributed by atoms with Gasteiger partial charge in [0.15, 0.2) is 0 Å². The van der Waals surface area contributed by atoms with Crippen LogP contribution in [0, 0.1) is 0 Å². The van der Waals surface area contributed by atoms with Crippen LogP contribution in [0.4, 0.5) is 0 Å². The number of rotatable bonds is 8. The van der Waals surface area contributed by atoms with Gasteiger partial charge in [-0.05, 0) is 35.2 Å². The second kappa shape index (κ2) is 9.06. The van der Waals surface area contributed by atoms with Crippen LogP contribution in [-0.4, -0.2) is 21.9 Å². The lowest BCUT2D eigenvalue weighted by Crippen LogP contribution is -2.11. The molecular formula is C21H22N2O2. The first-order valence-electron chi connectivity index (χ1n) is 8.47. The predicted octanol–water partition coefficient (Wildman–Crippen LogP) is 3.51. The zero-order valence-corrected chi connectivity index (χ0v) is 14.1. The summed E-state index contributed by atoms with van der Waals surface area (Å²) in [4.78, 5) is 0. The molecule has 0 aliphatic rings. The van der Waals surface area contributed by atoms with Crippen LogP contribution in [0.1, 0.15) is 28.5 Å². The van der Waals surface area contributed by atoms with E-state index in [9.17, 15) is 0 Å². The lowest BCUT2D eigenvalue weighted by Gasteiger charge is -2.18. The summed E-state index contributed by atoms with van der Waals surface area (Å²) >= 11 is 0. The van der Waals surface area contributed by atoms with Crippen molar-refractivity contribution < 1.29 is 9.84 Å². The Bertz CT molecular complexity index is 763. The number of nitrogens with zero attached hydrogens (tertiary/aromatic N) is 2. The third-order valence-corrected chi connectivity index (χ3v) is 4.03. The fourth-order valence-electron chi connectivity index (χ4n) is 2.76. The maximum Gasteiger partial charge on any atom is 0.106 e. The van der Waals surface area contributed by atoms with E-state index >= 15 is 0 Å². The molecule has 4 heteroatoms. The molecule has 0 fully saturated rings. The van der Waals surface area contributed by atoms with Gasteiger partial charge in [0.05, 0.1) is 12.3 Å². The Hall–Kier alpha value is -2.56. The van der Waals surface area contributed by atoms with Crippen LogP contribution in [0.3, 0.4) is 0 Å². The molecule has 0 aliphatic heterocycles. The summed E-state index contributed by atoms with van der Waals surface area (Å²) in [5.74, 6) is 0. The van der Waals surface area contributed by atoms with Gasteiger partial charge in [-0.15, -0.1) is 0 Å². The Kier molecular flexibility index (Phi) is 6.26. The van der Waals surface area contributed by atoms with Crippen LogP contribution in [-0.2, 0) is 24.2 Å². The third kappa shape index (κ3) is 5.21. The lowest BCUT2D eigenvalue weighted by molar-refractivity contribution is 0.0365. The number of benzene rings is 2. The largest absolute Gasteiger partial charge is 0.396 e. The molecule has 0 saturated heterocycles. The number of hydrogen-bond acceptors (Lipinski definition) is 4. The number of aliphatic hydroxyl groups excluding tert-OH is 1. The molecule has 0 radical (unpaired) electrons. The van der Waals surface area contributed by atoms with Crippen LogP contribution in [0.15, 0.2) is 72.9 Å². The average Bonchev–Trinajstić information content (AvgIpc) is 2.67. The fraction of sp³-hybridized carbons (Fsp3) is 0.238. The van der Waals surface area contributed by atoms with Crippen LogP contribution < -0.4 is 0 Å². The Balaban J connectivity index is 1.75. The molecule has 3 aromatic rings. The molecule has 1 unspecified atom stereocenters. The second-order valence-electron chi connectivity index (χ2n) is 5.93. The minimum Gasteiger partial charge on any atom is -0.396 e. The highest BCUT2D eigenvalue weighted by atomic mass is 16.5. The molecule has 1 aromatic heterocycles. The van der Waals surface area contributed by atoms with Gasteiger partial charge in [-0.25, -0.2) is 0 Å². The number of aromatic nitrogens is 2. The normalized spacial score (nSPS) is 12.0. The summed E-state index contributed by atoms with van der Waals surface area (Å²) in [5.41, 5.74) is 4.24. The number of ether oxygens (including phenoxy) is 1. The minimum atomic E-state index is -0.168. The highest BCUT2D eigenvalue weighted by Crippen LogP contribution is 2.22. The van der Waals surface area contributed by atoms with E-state index in [4.69, 9.17) is 9.84 Å². The SMILES string of the molecule is OCCc1cccc(CC(OCc2ccccc2)c2cccnn2)c1. The quantitative estimate of drug-likeness (QED) is 0.685. The van der Waals surface area contributed by atoms with Crippen molar-refractivity contribution >= 4 is 0 Å². The summed E-state index contributed by atoms with van der Waals surface area (Å²) in [6.45, 7) is 0.681. The highest BCUT2D eigenvalue weighted by Gasteiger charge is 2.15. The van der Waals surface area contributed by atoms with Crippen molar-refractivity contribution in [1.29, 1.82) is 0 Å². The molecule has 0 spiro atoms. The Morgan fingerprint density at radius 2 is 1.68 bits per heavy atom. The van der Waals surface area contributed by atoms with Crippen molar-refractivity contribution in [2.24, 2.45) is 0 Å². The molecule has 0 saturated carbocycles. The first kappa shape index (κ1) is 17.3. The van der Waals surface area contributed by atoms with Crippen molar-refractivity contribution in [3.8, 4) is 0 Å². The number of hydrogen-bond donors (Lipinski definition) is 1. The van der Waals surface area contributed by atoms with Gasteiger partial charge in [-0.3, -0.25) is 0 Å². The van der Waals surface area contributed by atoms with Crippen LogP contribution in [0.2, 0.25) is 0 Å². The topological polar surface area (TPSA) is 55.2 Å². The van der Waals surface area contributed by atoms with Crippen molar-refractivity contribution in [2.75, 3.05) is 6.61 Å². The molecule has 2 aromatic carbocycles. The molecule has 0 amide bonds. The summed E-state index contributed by atoms with van der Waals surface area (Å²) < 4.78 is 6.17. The molecule has 1 N–H and O–H groups in total. The van der Waals surface area contributed by atoms with Crippen molar-refractivity contribution in [1.82, 2.24) is 10.2 Å². The van der Waals surface area contributed by atoms with Gasteiger partial charge in [-0.1, -0.05) is 54.6 Å². The molecule has 4 nitrogen and oxygen atoms in total. The Morgan fingerprint density at radius 3 is 2.44 bits per heavy atom. The van der Waals surface area contributed by atoms with Gasteiger partial charge in [0.25, 0.3) is 0 Å². The van der Waals surface area contributed by atoms with E-state index in [1.807, 2.05) is 42.5 Å². The van der Waals surface area contributed by atoms with E-state index in [1.165, 1.54) is 0 Å². The van der Waals surface area contributed by atoms with Gasteiger partial charge < -0.3 is 9.84 Å². The predicted molar refractivity (Wildman–Crippen MR) is 96.9 cm³/mol. The van der Waals surface area contributed by atoms with E-state index in [1.54, 1.807) is 6.20 Å². The van der Waals surface area contributed by atoms with E-state index in [-0.39, 0.29) is 12.7 Å². The molecule has 0 aliphatic carbocycles. The molecule has 128 valence electrons. The Labute approximate surface area is 148 Å². The Morgan fingerprint density at radius 1 is 0.880 bits per heavy atom. The van der Waals surface area contributed by atoms with E-state index < -0.39 is 0 Å². The first-order chi connectivity index (χ1) is 12.3. The van der Waals surface area contributed by atoms with Gasteiger partial charge >= 0.3 is 0 Å². The van der Waals surface area contributed by atoms with Gasteiger partial charge in [0, 0.05) is 19.2 Å². The highest BCUT2D eigenvalue weighted by molar-refractivity contribution is 5.25. The lowest BCUT2D eigenvalue weighted by atomic mass is 10.0. The van der Waals surface area contributed by atoms with E-state index in [0.717, 1.165) is 22.4 Å². The van der Waals surface area contributed by atoms with Crippen LogP contribution >= 0.6 is 0 Å². The molecule has 25 heavy (non-hydrogen) atoms. The molecule has 1 heterocycles. The molecule has 0 bridgehead atoms. The number of aliphatic hydroxyl groups is 1. The average molecular weight is 334 g/mol. The fourth-order valence-corrected chi connectivity index (χ4v) is 2.76. The van der Waals surface area contributed by atoms with Gasteiger partial charge in [0.1, 0.15) is 6.10 Å². The smallest absolute Gasteiger partial charge is 0.106 e. The maximum absolute atomic E-state index is 9.14. The summed E-state index contributed by atoms with van der Waals surface area (Å²) in [6.07, 6.45) is 2.87. The van der Waals surface area contributed by atoms with Crippen LogP contribution in [0.5, 0.6) is 0 Å². The summed E-state index contributed by atoms with van der Waals surface area (Å²) in [7, 11) is 0. The second-order valence-corrected chi connectivity index (χ2v) is 5.93. The molecular weight excluding hydrogens is 312 g/mol. The maximum atomic E-state index is 9.14. The van der Waals surface area contributed by atoms with Crippen molar-refractivity contribution in [3.05, 3.63) is 95.3 Å². The van der Waals surface area contributed by atoms with Gasteiger partial charge in [0.2, 0.25) is 0 Å². The zero-order chi connectivity index (χ0) is 17.3. The molecule has 1 atom stereocenters. The molecule has 3 rings (SSSR count). The van der Waals surface area contributed by atoms with Gasteiger partial charge in [-0.2, -0.15) is 10.2 Å². The minimum absolute atomic E-state index is 0.154. The zero-order valence-electron chi connectivity index (χ0n) is 14.1.